The third kappa shape index (κ3) is 4.78. The Bertz CT molecular complexity index is 537. The summed E-state index contributed by atoms with van der Waals surface area (Å²) in [6, 6.07) is 15.9. The first-order valence-electron chi connectivity index (χ1n) is 6.84. The van der Waals surface area contributed by atoms with Gasteiger partial charge in [-0.1, -0.05) is 37.6 Å². The van der Waals surface area contributed by atoms with Crippen LogP contribution in [0.15, 0.2) is 48.5 Å². The van der Waals surface area contributed by atoms with E-state index in [1.54, 1.807) is 0 Å². The van der Waals surface area contributed by atoms with Gasteiger partial charge in [0.15, 0.2) is 0 Å². The quantitative estimate of drug-likeness (QED) is 0.809. The lowest BCUT2D eigenvalue weighted by molar-refractivity contribution is 0.271. The van der Waals surface area contributed by atoms with Crippen LogP contribution in [0.4, 0.5) is 5.69 Å². The molecule has 0 aliphatic carbocycles. The lowest BCUT2D eigenvalue weighted by Gasteiger charge is -2.11. The molecular formula is C17H20ClNO. The Morgan fingerprint density at radius 3 is 2.55 bits per heavy atom. The maximum Gasteiger partial charge on any atom is 0.119 e. The zero-order chi connectivity index (χ0) is 14.4. The summed E-state index contributed by atoms with van der Waals surface area (Å²) in [6.45, 7) is 5.80. The van der Waals surface area contributed by atoms with Crippen molar-refractivity contribution in [3.8, 4) is 5.75 Å². The summed E-state index contributed by atoms with van der Waals surface area (Å²) in [5.41, 5.74) is 2.25. The van der Waals surface area contributed by atoms with Gasteiger partial charge in [0.2, 0.25) is 0 Å². The zero-order valence-corrected chi connectivity index (χ0v) is 12.7. The van der Waals surface area contributed by atoms with Crippen LogP contribution >= 0.6 is 11.6 Å². The van der Waals surface area contributed by atoms with Crippen LogP contribution in [0.5, 0.6) is 5.75 Å². The summed E-state index contributed by atoms with van der Waals surface area (Å²) in [6.07, 6.45) is 0. The largest absolute Gasteiger partial charge is 0.493 e. The van der Waals surface area contributed by atoms with Gasteiger partial charge in [0, 0.05) is 17.3 Å². The molecule has 0 spiro atoms. The lowest BCUT2D eigenvalue weighted by atomic mass is 10.2. The van der Waals surface area contributed by atoms with Crippen molar-refractivity contribution < 1.29 is 4.74 Å². The number of benzene rings is 2. The van der Waals surface area contributed by atoms with Crippen molar-refractivity contribution in [1.82, 2.24) is 0 Å². The van der Waals surface area contributed by atoms with E-state index in [9.17, 15) is 0 Å². The Kier molecular flexibility index (Phi) is 5.31. The van der Waals surface area contributed by atoms with E-state index in [1.165, 1.54) is 5.56 Å². The first kappa shape index (κ1) is 14.7. The second-order valence-electron chi connectivity index (χ2n) is 5.21. The number of anilines is 1. The molecule has 0 bridgehead atoms. The SMILES string of the molecule is CC(C)COc1cccc(CNc2ccc(Cl)cc2)c1. The molecule has 0 aliphatic heterocycles. The van der Waals surface area contributed by atoms with Crippen molar-refractivity contribution in [2.75, 3.05) is 11.9 Å². The van der Waals surface area contributed by atoms with Crippen molar-refractivity contribution in [1.29, 1.82) is 0 Å². The highest BCUT2D eigenvalue weighted by Crippen LogP contribution is 2.17. The molecule has 3 heteroatoms. The number of hydrogen-bond donors (Lipinski definition) is 1. The van der Waals surface area contributed by atoms with E-state index in [0.717, 1.165) is 29.6 Å². The molecule has 0 saturated carbocycles. The number of rotatable bonds is 6. The molecule has 0 atom stereocenters. The fourth-order valence-corrected chi connectivity index (χ4v) is 1.91. The van der Waals surface area contributed by atoms with Crippen LogP contribution in [-0.4, -0.2) is 6.61 Å². The van der Waals surface area contributed by atoms with E-state index in [0.29, 0.717) is 5.92 Å². The topological polar surface area (TPSA) is 21.3 Å². The van der Waals surface area contributed by atoms with Gasteiger partial charge in [-0.25, -0.2) is 0 Å². The second kappa shape index (κ2) is 7.20. The van der Waals surface area contributed by atoms with Crippen molar-refractivity contribution in [3.63, 3.8) is 0 Å². The van der Waals surface area contributed by atoms with Gasteiger partial charge in [0.25, 0.3) is 0 Å². The molecule has 2 nitrogen and oxygen atoms in total. The molecule has 0 saturated heterocycles. The van der Waals surface area contributed by atoms with Gasteiger partial charge in [-0.15, -0.1) is 0 Å². The van der Waals surface area contributed by atoms with Crippen LogP contribution in [0.1, 0.15) is 19.4 Å². The van der Waals surface area contributed by atoms with E-state index in [-0.39, 0.29) is 0 Å². The number of ether oxygens (including phenoxy) is 1. The van der Waals surface area contributed by atoms with Gasteiger partial charge in [-0.05, 0) is 47.9 Å². The fourth-order valence-electron chi connectivity index (χ4n) is 1.78. The highest BCUT2D eigenvalue weighted by Gasteiger charge is 2.00. The van der Waals surface area contributed by atoms with Crippen molar-refractivity contribution in [3.05, 3.63) is 59.1 Å². The van der Waals surface area contributed by atoms with Crippen molar-refractivity contribution in [2.45, 2.75) is 20.4 Å². The van der Waals surface area contributed by atoms with Crippen LogP contribution in [0.2, 0.25) is 5.02 Å². The second-order valence-corrected chi connectivity index (χ2v) is 5.65. The monoisotopic (exact) mass is 289 g/mol. The third-order valence-corrected chi connectivity index (χ3v) is 3.07. The summed E-state index contributed by atoms with van der Waals surface area (Å²) < 4.78 is 5.73. The molecule has 0 heterocycles. The molecule has 0 aliphatic rings. The minimum atomic E-state index is 0.533. The summed E-state index contributed by atoms with van der Waals surface area (Å²) in [5, 5.41) is 4.12. The molecule has 2 rings (SSSR count). The van der Waals surface area contributed by atoms with Gasteiger partial charge < -0.3 is 10.1 Å². The molecule has 2 aromatic rings. The summed E-state index contributed by atoms with van der Waals surface area (Å²) in [7, 11) is 0. The Labute approximate surface area is 125 Å². The minimum absolute atomic E-state index is 0.533. The normalized spacial score (nSPS) is 10.6. The van der Waals surface area contributed by atoms with Crippen molar-refractivity contribution in [2.24, 2.45) is 5.92 Å². The van der Waals surface area contributed by atoms with Gasteiger partial charge in [-0.2, -0.15) is 0 Å². The Balaban J connectivity index is 1.92. The highest BCUT2D eigenvalue weighted by atomic mass is 35.5. The van der Waals surface area contributed by atoms with Crippen LogP contribution in [0.25, 0.3) is 0 Å². The van der Waals surface area contributed by atoms with Gasteiger partial charge >= 0.3 is 0 Å². The smallest absolute Gasteiger partial charge is 0.119 e. The highest BCUT2D eigenvalue weighted by molar-refractivity contribution is 6.30. The van der Waals surface area contributed by atoms with Gasteiger partial charge in [-0.3, -0.25) is 0 Å². The molecule has 2 aromatic carbocycles. The van der Waals surface area contributed by atoms with Crippen LogP contribution in [0.3, 0.4) is 0 Å². The predicted molar refractivity (Wildman–Crippen MR) is 85.6 cm³/mol. The number of hydrogen-bond acceptors (Lipinski definition) is 2. The van der Waals surface area contributed by atoms with Crippen molar-refractivity contribution >= 4 is 17.3 Å². The Morgan fingerprint density at radius 2 is 1.85 bits per heavy atom. The summed E-state index contributed by atoms with van der Waals surface area (Å²) in [4.78, 5) is 0. The fraction of sp³-hybridized carbons (Fsp3) is 0.294. The minimum Gasteiger partial charge on any atom is -0.493 e. The number of halogens is 1. The molecule has 20 heavy (non-hydrogen) atoms. The van der Waals surface area contributed by atoms with Crippen LogP contribution in [-0.2, 0) is 6.54 Å². The average molecular weight is 290 g/mol. The van der Waals surface area contributed by atoms with Crippen LogP contribution in [0, 0.1) is 5.92 Å². The standard InChI is InChI=1S/C17H20ClNO/c1-13(2)12-20-17-5-3-4-14(10-17)11-19-16-8-6-15(18)7-9-16/h3-10,13,19H,11-12H2,1-2H3. The lowest BCUT2D eigenvalue weighted by Crippen LogP contribution is -2.05. The molecule has 1 N–H and O–H groups in total. The molecule has 0 radical (unpaired) electrons. The molecule has 0 fully saturated rings. The molecular weight excluding hydrogens is 270 g/mol. The van der Waals surface area contributed by atoms with Crippen LogP contribution < -0.4 is 10.1 Å². The first-order chi connectivity index (χ1) is 9.63. The molecule has 106 valence electrons. The maximum absolute atomic E-state index is 5.87. The van der Waals surface area contributed by atoms with E-state index < -0.39 is 0 Å². The first-order valence-corrected chi connectivity index (χ1v) is 7.22. The Morgan fingerprint density at radius 1 is 1.10 bits per heavy atom. The maximum atomic E-state index is 5.87. The average Bonchev–Trinajstić information content (AvgIpc) is 2.45. The molecule has 0 aromatic heterocycles. The van der Waals surface area contributed by atoms with Gasteiger partial charge in [0.1, 0.15) is 5.75 Å². The zero-order valence-electron chi connectivity index (χ0n) is 11.9. The van der Waals surface area contributed by atoms with E-state index in [2.05, 4.69) is 31.3 Å². The van der Waals surface area contributed by atoms with E-state index in [4.69, 9.17) is 16.3 Å². The predicted octanol–water partition coefficient (Wildman–Crippen LogP) is 4.99. The molecule has 0 amide bonds. The van der Waals surface area contributed by atoms with E-state index >= 15 is 0 Å². The summed E-state index contributed by atoms with van der Waals surface area (Å²) in [5.74, 6) is 1.46. The van der Waals surface area contributed by atoms with E-state index in [1.807, 2.05) is 36.4 Å². The summed E-state index contributed by atoms with van der Waals surface area (Å²) >= 11 is 5.87. The molecule has 0 unspecified atom stereocenters. The number of nitrogens with one attached hydrogen (secondary N) is 1. The van der Waals surface area contributed by atoms with Gasteiger partial charge in [0.05, 0.1) is 6.61 Å². The Hall–Kier alpha value is -1.67. The third-order valence-electron chi connectivity index (χ3n) is 2.82.